The number of unbranched alkanes of at least 4 members (excludes halogenated alkanes) is 2. The molecule has 0 aliphatic heterocycles. The fraction of sp³-hybridized carbons (Fsp3) is 0.733. The van der Waals surface area contributed by atoms with Crippen molar-refractivity contribution in [3.63, 3.8) is 0 Å². The number of nitrogens with one attached hydrogen (secondary N) is 1. The fourth-order valence-electron chi connectivity index (χ4n) is 2.33. The molecule has 0 aromatic carbocycles. The first-order chi connectivity index (χ1) is 9.15. The number of hydrogen-bond acceptors (Lipinski definition) is 4. The van der Waals surface area contributed by atoms with E-state index in [2.05, 4.69) is 47.9 Å². The molecule has 0 saturated heterocycles. The highest BCUT2D eigenvalue weighted by atomic mass is 15.2. The maximum absolute atomic E-state index is 4.53. The van der Waals surface area contributed by atoms with Gasteiger partial charge in [-0.25, -0.2) is 9.97 Å². The van der Waals surface area contributed by atoms with Crippen LogP contribution in [0.1, 0.15) is 52.5 Å². The molecule has 108 valence electrons. The Morgan fingerprint density at radius 2 is 1.95 bits per heavy atom. The van der Waals surface area contributed by atoms with Crippen LogP contribution in [0.3, 0.4) is 0 Å². The van der Waals surface area contributed by atoms with Gasteiger partial charge in [0, 0.05) is 25.2 Å². The van der Waals surface area contributed by atoms with E-state index in [-0.39, 0.29) is 0 Å². The first kappa shape index (κ1) is 15.7. The summed E-state index contributed by atoms with van der Waals surface area (Å²) in [5, 5.41) is 3.17. The highest BCUT2D eigenvalue weighted by Gasteiger charge is 2.17. The lowest BCUT2D eigenvalue weighted by Gasteiger charge is -2.30. The highest BCUT2D eigenvalue weighted by molar-refractivity contribution is 5.58. The van der Waals surface area contributed by atoms with Crippen LogP contribution in [0.2, 0.25) is 0 Å². The lowest BCUT2D eigenvalue weighted by atomic mass is 10.1. The first-order valence-corrected chi connectivity index (χ1v) is 7.43. The summed E-state index contributed by atoms with van der Waals surface area (Å²) < 4.78 is 0. The molecular formula is C15H28N4. The zero-order valence-corrected chi connectivity index (χ0v) is 13.0. The molecule has 0 unspecified atom stereocenters. The largest absolute Gasteiger partial charge is 0.373 e. The Hall–Kier alpha value is -1.32. The van der Waals surface area contributed by atoms with Crippen molar-refractivity contribution >= 4 is 11.6 Å². The van der Waals surface area contributed by atoms with Gasteiger partial charge in [-0.15, -0.1) is 0 Å². The van der Waals surface area contributed by atoms with Crippen LogP contribution in [0.15, 0.2) is 6.33 Å². The second-order valence-electron chi connectivity index (χ2n) is 5.12. The molecule has 19 heavy (non-hydrogen) atoms. The zero-order valence-electron chi connectivity index (χ0n) is 13.0. The van der Waals surface area contributed by atoms with Gasteiger partial charge in [0.15, 0.2) is 0 Å². The van der Waals surface area contributed by atoms with Crippen molar-refractivity contribution in [1.82, 2.24) is 9.97 Å². The van der Waals surface area contributed by atoms with Gasteiger partial charge in [-0.3, -0.25) is 0 Å². The standard InChI is InChI=1S/C15H28N4/c1-6-8-9-10-19(12(3)4)15-13(7-2)14(16-5)17-11-18-15/h11-12H,6-10H2,1-5H3,(H,16,17,18). The molecule has 1 rings (SSSR count). The summed E-state index contributed by atoms with van der Waals surface area (Å²) in [7, 11) is 1.92. The van der Waals surface area contributed by atoms with E-state index in [4.69, 9.17) is 0 Å². The van der Waals surface area contributed by atoms with Gasteiger partial charge in [0.05, 0.1) is 0 Å². The first-order valence-electron chi connectivity index (χ1n) is 7.43. The molecule has 0 radical (unpaired) electrons. The van der Waals surface area contributed by atoms with Crippen molar-refractivity contribution in [2.75, 3.05) is 23.8 Å². The molecule has 1 heterocycles. The van der Waals surface area contributed by atoms with Crippen LogP contribution in [-0.4, -0.2) is 29.6 Å². The maximum atomic E-state index is 4.53. The van der Waals surface area contributed by atoms with Crippen molar-refractivity contribution in [1.29, 1.82) is 0 Å². The molecule has 0 saturated carbocycles. The molecule has 4 heteroatoms. The number of rotatable bonds is 8. The Labute approximate surface area is 117 Å². The molecule has 0 aliphatic rings. The Morgan fingerprint density at radius 3 is 2.47 bits per heavy atom. The van der Waals surface area contributed by atoms with Gasteiger partial charge >= 0.3 is 0 Å². The molecule has 0 spiro atoms. The van der Waals surface area contributed by atoms with Crippen molar-refractivity contribution in [3.8, 4) is 0 Å². The van der Waals surface area contributed by atoms with E-state index in [1.165, 1.54) is 24.8 Å². The third-order valence-electron chi connectivity index (χ3n) is 3.41. The molecule has 0 fully saturated rings. The van der Waals surface area contributed by atoms with Crippen LogP contribution >= 0.6 is 0 Å². The van der Waals surface area contributed by atoms with Gasteiger partial charge in [0.1, 0.15) is 18.0 Å². The molecule has 0 aliphatic carbocycles. The Kier molecular flexibility index (Phi) is 6.60. The van der Waals surface area contributed by atoms with Gasteiger partial charge in [-0.1, -0.05) is 26.7 Å². The fourth-order valence-corrected chi connectivity index (χ4v) is 2.33. The van der Waals surface area contributed by atoms with Crippen LogP contribution in [0, 0.1) is 0 Å². The third-order valence-corrected chi connectivity index (χ3v) is 3.41. The Bertz CT molecular complexity index is 376. The van der Waals surface area contributed by atoms with Crippen molar-refractivity contribution in [3.05, 3.63) is 11.9 Å². The highest BCUT2D eigenvalue weighted by Crippen LogP contribution is 2.25. The van der Waals surface area contributed by atoms with Crippen LogP contribution < -0.4 is 10.2 Å². The van der Waals surface area contributed by atoms with E-state index in [1.54, 1.807) is 6.33 Å². The monoisotopic (exact) mass is 264 g/mol. The molecule has 1 N–H and O–H groups in total. The average Bonchev–Trinajstić information content (AvgIpc) is 2.42. The molecule has 1 aromatic rings. The van der Waals surface area contributed by atoms with Crippen LogP contribution in [0.25, 0.3) is 0 Å². The summed E-state index contributed by atoms with van der Waals surface area (Å²) in [6.45, 7) is 9.92. The summed E-state index contributed by atoms with van der Waals surface area (Å²) in [5.74, 6) is 2.04. The minimum Gasteiger partial charge on any atom is -0.373 e. The minimum absolute atomic E-state index is 0.460. The Balaban J connectivity index is 3.01. The predicted molar refractivity (Wildman–Crippen MR) is 83.0 cm³/mol. The molecule has 1 aromatic heterocycles. The lowest BCUT2D eigenvalue weighted by Crippen LogP contribution is -2.33. The van der Waals surface area contributed by atoms with E-state index in [0.717, 1.165) is 24.6 Å². The van der Waals surface area contributed by atoms with Gasteiger partial charge in [-0.2, -0.15) is 0 Å². The molecule has 4 nitrogen and oxygen atoms in total. The number of anilines is 2. The smallest absolute Gasteiger partial charge is 0.137 e. The normalized spacial score (nSPS) is 10.8. The predicted octanol–water partition coefficient (Wildman–Crippen LogP) is 3.49. The van der Waals surface area contributed by atoms with Crippen LogP contribution in [-0.2, 0) is 6.42 Å². The zero-order chi connectivity index (χ0) is 14.3. The lowest BCUT2D eigenvalue weighted by molar-refractivity contribution is 0.616. The summed E-state index contributed by atoms with van der Waals surface area (Å²) in [6, 6.07) is 0.460. The molecule has 0 bridgehead atoms. The van der Waals surface area contributed by atoms with Crippen LogP contribution in [0.4, 0.5) is 11.6 Å². The summed E-state index contributed by atoms with van der Waals surface area (Å²) in [5.41, 5.74) is 1.22. The molecule has 0 amide bonds. The van der Waals surface area contributed by atoms with E-state index < -0.39 is 0 Å². The summed E-state index contributed by atoms with van der Waals surface area (Å²) >= 11 is 0. The van der Waals surface area contributed by atoms with E-state index in [9.17, 15) is 0 Å². The minimum atomic E-state index is 0.460. The molecular weight excluding hydrogens is 236 g/mol. The second-order valence-corrected chi connectivity index (χ2v) is 5.12. The number of nitrogens with zero attached hydrogens (tertiary/aromatic N) is 3. The van der Waals surface area contributed by atoms with Crippen LogP contribution in [0.5, 0.6) is 0 Å². The van der Waals surface area contributed by atoms with E-state index in [1.807, 2.05) is 7.05 Å². The number of hydrogen-bond donors (Lipinski definition) is 1. The maximum Gasteiger partial charge on any atom is 0.137 e. The number of aromatic nitrogens is 2. The summed E-state index contributed by atoms with van der Waals surface area (Å²) in [6.07, 6.45) is 6.35. The average molecular weight is 264 g/mol. The quantitative estimate of drug-likeness (QED) is 0.730. The van der Waals surface area contributed by atoms with Crippen molar-refractivity contribution in [2.24, 2.45) is 0 Å². The SMILES string of the molecule is CCCCCN(c1ncnc(NC)c1CC)C(C)C. The summed E-state index contributed by atoms with van der Waals surface area (Å²) in [4.78, 5) is 11.3. The van der Waals surface area contributed by atoms with Crippen molar-refractivity contribution in [2.45, 2.75) is 59.4 Å². The second kappa shape index (κ2) is 7.97. The molecule has 0 atom stereocenters. The van der Waals surface area contributed by atoms with Crippen molar-refractivity contribution < 1.29 is 0 Å². The van der Waals surface area contributed by atoms with Gasteiger partial charge in [-0.05, 0) is 26.7 Å². The van der Waals surface area contributed by atoms with E-state index >= 15 is 0 Å². The van der Waals surface area contributed by atoms with E-state index in [0.29, 0.717) is 6.04 Å². The van der Waals surface area contributed by atoms with Gasteiger partial charge in [0.2, 0.25) is 0 Å². The topological polar surface area (TPSA) is 41.1 Å². The third kappa shape index (κ3) is 4.08. The van der Waals surface area contributed by atoms with Gasteiger partial charge < -0.3 is 10.2 Å². The Morgan fingerprint density at radius 1 is 1.21 bits per heavy atom. The van der Waals surface area contributed by atoms with Gasteiger partial charge in [0.25, 0.3) is 0 Å².